The van der Waals surface area contributed by atoms with Crippen molar-refractivity contribution in [1.82, 2.24) is 4.98 Å². The van der Waals surface area contributed by atoms with Crippen molar-refractivity contribution in [1.29, 1.82) is 0 Å². The summed E-state index contributed by atoms with van der Waals surface area (Å²) in [5, 5.41) is 1.33. The van der Waals surface area contributed by atoms with Crippen LogP contribution in [0.2, 0.25) is 0 Å². The highest BCUT2D eigenvalue weighted by Crippen LogP contribution is 2.31. The molecule has 18 heavy (non-hydrogen) atoms. The number of pyridine rings is 1. The molecule has 0 bridgehead atoms. The summed E-state index contributed by atoms with van der Waals surface area (Å²) in [5.41, 5.74) is 0.659. The largest absolute Gasteiger partial charge is 0.493 e. The minimum absolute atomic E-state index is 0.167. The Balaban J connectivity index is 2.86. The number of nitrogens with one attached hydrogen (secondary N) is 1. The molecule has 0 spiro atoms. The van der Waals surface area contributed by atoms with Crippen LogP contribution in [0, 0.1) is 0 Å². The van der Waals surface area contributed by atoms with Crippen LogP contribution < -0.4 is 15.0 Å². The number of methoxy groups -OCH3 is 2. The molecule has 1 aromatic carbocycles. The van der Waals surface area contributed by atoms with Crippen LogP contribution in [0.3, 0.4) is 0 Å². The Morgan fingerprint density at radius 3 is 2.33 bits per heavy atom. The fourth-order valence-corrected chi connectivity index (χ4v) is 1.85. The molecule has 0 aliphatic heterocycles. The maximum Gasteiger partial charge on any atom is 0.255 e. The highest BCUT2D eigenvalue weighted by molar-refractivity contribution is 6.00. The molecule has 5 nitrogen and oxygen atoms in total. The molecule has 2 rings (SSSR count). The van der Waals surface area contributed by atoms with Crippen molar-refractivity contribution in [2.75, 3.05) is 21.3 Å². The predicted octanol–water partition coefficient (Wildman–Crippen LogP) is 1.59. The molecule has 1 heterocycles. The van der Waals surface area contributed by atoms with Crippen molar-refractivity contribution in [2.45, 2.75) is 0 Å². The molecular formula is C13H14N2O3. The van der Waals surface area contributed by atoms with Crippen molar-refractivity contribution in [3.8, 4) is 11.5 Å². The Labute approximate surface area is 104 Å². The van der Waals surface area contributed by atoms with Crippen molar-refractivity contribution >= 4 is 17.0 Å². The number of aromatic nitrogens is 1. The molecule has 0 atom stereocenters. The van der Waals surface area contributed by atoms with E-state index in [1.54, 1.807) is 38.7 Å². The van der Waals surface area contributed by atoms with Gasteiger partial charge in [-0.2, -0.15) is 0 Å². The molecule has 1 N–H and O–H groups in total. The van der Waals surface area contributed by atoms with Gasteiger partial charge < -0.3 is 14.5 Å². The maximum atomic E-state index is 11.8. The van der Waals surface area contributed by atoms with E-state index in [1.165, 1.54) is 7.11 Å². The van der Waals surface area contributed by atoms with Crippen LogP contribution in [0.4, 0.5) is 0 Å². The molecule has 2 aromatic rings. The summed E-state index contributed by atoms with van der Waals surface area (Å²) in [4.78, 5) is 18.4. The van der Waals surface area contributed by atoms with Gasteiger partial charge in [0.15, 0.2) is 11.5 Å². The second kappa shape index (κ2) is 4.91. The first kappa shape index (κ1) is 12.2. The zero-order valence-electron chi connectivity index (χ0n) is 10.5. The number of benzene rings is 1. The second-order valence-electron chi connectivity index (χ2n) is 3.71. The molecule has 0 aliphatic rings. The van der Waals surface area contributed by atoms with Gasteiger partial charge in [-0.05, 0) is 12.1 Å². The molecule has 1 aromatic heterocycles. The van der Waals surface area contributed by atoms with Gasteiger partial charge in [0.25, 0.3) is 5.56 Å². The van der Waals surface area contributed by atoms with E-state index >= 15 is 0 Å². The minimum Gasteiger partial charge on any atom is -0.493 e. The smallest absolute Gasteiger partial charge is 0.255 e. The predicted molar refractivity (Wildman–Crippen MR) is 71.2 cm³/mol. The summed E-state index contributed by atoms with van der Waals surface area (Å²) in [5.74, 6) is 1.11. The van der Waals surface area contributed by atoms with Gasteiger partial charge in [-0.1, -0.05) is 0 Å². The Morgan fingerprint density at radius 2 is 1.78 bits per heavy atom. The molecule has 0 unspecified atom stereocenters. The van der Waals surface area contributed by atoms with Gasteiger partial charge in [0, 0.05) is 30.4 Å². The van der Waals surface area contributed by atoms with Crippen LogP contribution in [0.25, 0.3) is 10.8 Å². The average molecular weight is 246 g/mol. The van der Waals surface area contributed by atoms with E-state index in [0.29, 0.717) is 16.9 Å². The lowest BCUT2D eigenvalue weighted by Gasteiger charge is -2.09. The van der Waals surface area contributed by atoms with Gasteiger partial charge >= 0.3 is 0 Å². The first-order chi connectivity index (χ1) is 8.71. The van der Waals surface area contributed by atoms with Crippen LogP contribution in [0.1, 0.15) is 5.56 Å². The van der Waals surface area contributed by atoms with E-state index in [9.17, 15) is 4.79 Å². The summed E-state index contributed by atoms with van der Waals surface area (Å²) in [6.07, 6.45) is 3.31. The topological polar surface area (TPSA) is 63.7 Å². The number of aromatic amines is 1. The molecule has 0 saturated carbocycles. The van der Waals surface area contributed by atoms with Crippen molar-refractivity contribution in [3.63, 3.8) is 0 Å². The molecule has 94 valence electrons. The van der Waals surface area contributed by atoms with Crippen LogP contribution in [-0.2, 0) is 0 Å². The molecular weight excluding hydrogens is 232 g/mol. The molecule has 0 fully saturated rings. The van der Waals surface area contributed by atoms with E-state index in [2.05, 4.69) is 9.98 Å². The average Bonchev–Trinajstić information content (AvgIpc) is 2.41. The number of aliphatic imine (C=N–C) groups is 1. The zero-order valence-corrected chi connectivity index (χ0v) is 10.5. The SMILES string of the molecule is CN=Cc1c[nH]c(=O)c2cc(OC)c(OC)cc12. The third-order valence-electron chi connectivity index (χ3n) is 2.71. The minimum atomic E-state index is -0.167. The van der Waals surface area contributed by atoms with Gasteiger partial charge in [-0.25, -0.2) is 0 Å². The Hall–Kier alpha value is -2.30. The maximum absolute atomic E-state index is 11.8. The summed E-state index contributed by atoms with van der Waals surface area (Å²) >= 11 is 0. The lowest BCUT2D eigenvalue weighted by Crippen LogP contribution is -2.07. The number of nitrogens with zero attached hydrogens (tertiary/aromatic N) is 1. The van der Waals surface area contributed by atoms with Crippen LogP contribution in [0.5, 0.6) is 11.5 Å². The van der Waals surface area contributed by atoms with Gasteiger partial charge in [0.2, 0.25) is 0 Å². The van der Waals surface area contributed by atoms with Crippen LogP contribution in [-0.4, -0.2) is 32.5 Å². The lowest BCUT2D eigenvalue weighted by molar-refractivity contribution is 0.356. The molecule has 0 aliphatic carbocycles. The van der Waals surface area contributed by atoms with E-state index in [4.69, 9.17) is 9.47 Å². The van der Waals surface area contributed by atoms with Gasteiger partial charge in [0.05, 0.1) is 19.6 Å². The highest BCUT2D eigenvalue weighted by Gasteiger charge is 2.10. The number of H-pyrrole nitrogens is 1. The van der Waals surface area contributed by atoms with Crippen LogP contribution >= 0.6 is 0 Å². The Bertz CT molecular complexity index is 659. The number of fused-ring (bicyclic) bond motifs is 1. The summed E-state index contributed by atoms with van der Waals surface area (Å²) < 4.78 is 10.4. The number of rotatable bonds is 3. The molecule has 0 saturated heterocycles. The zero-order chi connectivity index (χ0) is 13.1. The summed E-state index contributed by atoms with van der Waals surface area (Å²) in [7, 11) is 4.78. The lowest BCUT2D eigenvalue weighted by atomic mass is 10.1. The van der Waals surface area contributed by atoms with E-state index < -0.39 is 0 Å². The standard InChI is InChI=1S/C13H14N2O3/c1-14-6-8-7-15-13(16)10-5-12(18-3)11(17-2)4-9(8)10/h4-7H,1-3H3,(H,15,16). The first-order valence-electron chi connectivity index (χ1n) is 5.41. The monoisotopic (exact) mass is 246 g/mol. The Kier molecular flexibility index (Phi) is 3.32. The fraction of sp³-hybridized carbons (Fsp3) is 0.231. The molecule has 0 radical (unpaired) electrons. The number of hydrogen-bond acceptors (Lipinski definition) is 4. The van der Waals surface area contributed by atoms with Gasteiger partial charge in [-0.15, -0.1) is 0 Å². The molecule has 5 heteroatoms. The first-order valence-corrected chi connectivity index (χ1v) is 5.41. The summed E-state index contributed by atoms with van der Waals surface area (Å²) in [6.45, 7) is 0. The summed E-state index contributed by atoms with van der Waals surface area (Å²) in [6, 6.07) is 3.44. The van der Waals surface area contributed by atoms with E-state index in [0.717, 1.165) is 10.9 Å². The number of ether oxygens (including phenoxy) is 2. The fourth-order valence-electron chi connectivity index (χ4n) is 1.85. The second-order valence-corrected chi connectivity index (χ2v) is 3.71. The molecule has 0 amide bonds. The van der Waals surface area contributed by atoms with E-state index in [-0.39, 0.29) is 5.56 Å². The number of hydrogen-bond donors (Lipinski definition) is 1. The van der Waals surface area contributed by atoms with Gasteiger partial charge in [-0.3, -0.25) is 9.79 Å². The van der Waals surface area contributed by atoms with Crippen molar-refractivity contribution in [3.05, 3.63) is 34.2 Å². The van der Waals surface area contributed by atoms with E-state index in [1.807, 2.05) is 0 Å². The quantitative estimate of drug-likeness (QED) is 0.836. The normalized spacial score (nSPS) is 11.1. The highest BCUT2D eigenvalue weighted by atomic mass is 16.5. The Morgan fingerprint density at radius 1 is 1.17 bits per heavy atom. The third kappa shape index (κ3) is 1.95. The third-order valence-corrected chi connectivity index (χ3v) is 2.71. The van der Waals surface area contributed by atoms with Crippen molar-refractivity contribution in [2.24, 2.45) is 4.99 Å². The van der Waals surface area contributed by atoms with Crippen molar-refractivity contribution < 1.29 is 9.47 Å². The van der Waals surface area contributed by atoms with Crippen LogP contribution in [0.15, 0.2) is 28.1 Å². The van der Waals surface area contributed by atoms with Gasteiger partial charge in [0.1, 0.15) is 0 Å².